The van der Waals surface area contributed by atoms with E-state index in [-0.39, 0.29) is 0 Å². The molecule has 3 heteroatoms. The van der Waals surface area contributed by atoms with E-state index in [1.807, 2.05) is 31.7 Å². The molecule has 2 N–H and O–H groups in total. The monoisotopic (exact) mass is 196 g/mol. The summed E-state index contributed by atoms with van der Waals surface area (Å²) in [6, 6.07) is 2.12. The van der Waals surface area contributed by atoms with Crippen molar-refractivity contribution in [1.29, 1.82) is 0 Å². The standard InChI is InChI=1S/C11H20N2O/c1-11(2,14)9-12-6-4-10-5-7-13(3)8-10/h5,7-8,12,14H,4,6,9H2,1-3H3. The molecule has 0 saturated carbocycles. The van der Waals surface area contributed by atoms with E-state index in [0.29, 0.717) is 6.54 Å². The van der Waals surface area contributed by atoms with Gasteiger partial charge in [0.25, 0.3) is 0 Å². The third kappa shape index (κ3) is 4.44. The van der Waals surface area contributed by atoms with Crippen LogP contribution in [0.5, 0.6) is 0 Å². The zero-order valence-corrected chi connectivity index (χ0v) is 9.25. The minimum Gasteiger partial charge on any atom is -0.389 e. The molecule has 0 atom stereocenters. The second kappa shape index (κ2) is 4.62. The molecular formula is C11H20N2O. The van der Waals surface area contributed by atoms with E-state index in [9.17, 15) is 5.11 Å². The van der Waals surface area contributed by atoms with Crippen LogP contribution in [0.4, 0.5) is 0 Å². The zero-order valence-electron chi connectivity index (χ0n) is 9.25. The van der Waals surface area contributed by atoms with Crippen molar-refractivity contribution in [2.45, 2.75) is 25.9 Å². The van der Waals surface area contributed by atoms with E-state index in [2.05, 4.69) is 17.6 Å². The molecule has 0 aliphatic rings. The number of rotatable bonds is 5. The molecule has 0 fully saturated rings. The summed E-state index contributed by atoms with van der Waals surface area (Å²) in [6.07, 6.45) is 5.17. The fraction of sp³-hybridized carbons (Fsp3) is 0.636. The van der Waals surface area contributed by atoms with E-state index in [4.69, 9.17) is 0 Å². The Morgan fingerprint density at radius 1 is 1.50 bits per heavy atom. The van der Waals surface area contributed by atoms with Crippen molar-refractivity contribution in [3.63, 3.8) is 0 Å². The first-order valence-electron chi connectivity index (χ1n) is 5.01. The predicted octanol–water partition coefficient (Wildman–Crippen LogP) is 0.928. The largest absolute Gasteiger partial charge is 0.389 e. The average Bonchev–Trinajstić information content (AvgIpc) is 2.44. The number of nitrogens with zero attached hydrogens (tertiary/aromatic N) is 1. The molecule has 0 spiro atoms. The summed E-state index contributed by atoms with van der Waals surface area (Å²) in [4.78, 5) is 0. The molecule has 1 heterocycles. The van der Waals surface area contributed by atoms with Gasteiger partial charge in [-0.05, 0) is 38.4 Å². The lowest BCUT2D eigenvalue weighted by molar-refractivity contribution is 0.0801. The van der Waals surface area contributed by atoms with Gasteiger partial charge in [0.1, 0.15) is 0 Å². The van der Waals surface area contributed by atoms with Crippen LogP contribution in [0, 0.1) is 0 Å². The van der Waals surface area contributed by atoms with Gasteiger partial charge in [0.2, 0.25) is 0 Å². The Morgan fingerprint density at radius 2 is 2.21 bits per heavy atom. The van der Waals surface area contributed by atoms with Gasteiger partial charge >= 0.3 is 0 Å². The van der Waals surface area contributed by atoms with Gasteiger partial charge in [-0.15, -0.1) is 0 Å². The van der Waals surface area contributed by atoms with Gasteiger partial charge in [0.15, 0.2) is 0 Å². The minimum atomic E-state index is -0.614. The van der Waals surface area contributed by atoms with Crippen molar-refractivity contribution in [1.82, 2.24) is 9.88 Å². The molecular weight excluding hydrogens is 176 g/mol. The maximum absolute atomic E-state index is 9.45. The molecule has 0 amide bonds. The third-order valence-corrected chi connectivity index (χ3v) is 2.04. The van der Waals surface area contributed by atoms with Crippen LogP contribution in [0.25, 0.3) is 0 Å². The molecule has 1 aromatic heterocycles. The van der Waals surface area contributed by atoms with E-state index in [1.165, 1.54) is 5.56 Å². The summed E-state index contributed by atoms with van der Waals surface area (Å²) in [5.41, 5.74) is 0.715. The van der Waals surface area contributed by atoms with Crippen molar-refractivity contribution in [3.8, 4) is 0 Å². The summed E-state index contributed by atoms with van der Waals surface area (Å²) in [6.45, 7) is 5.17. The highest BCUT2D eigenvalue weighted by atomic mass is 16.3. The Labute approximate surface area is 85.7 Å². The molecule has 80 valence electrons. The average molecular weight is 196 g/mol. The molecule has 0 unspecified atom stereocenters. The Kier molecular flexibility index (Phi) is 3.72. The summed E-state index contributed by atoms with van der Waals surface area (Å²) in [5, 5.41) is 12.7. The molecule has 1 rings (SSSR count). The van der Waals surface area contributed by atoms with E-state index < -0.39 is 5.60 Å². The van der Waals surface area contributed by atoms with Gasteiger partial charge in [-0.25, -0.2) is 0 Å². The van der Waals surface area contributed by atoms with Gasteiger partial charge in [0.05, 0.1) is 5.60 Å². The van der Waals surface area contributed by atoms with Crippen molar-refractivity contribution < 1.29 is 5.11 Å². The van der Waals surface area contributed by atoms with E-state index >= 15 is 0 Å². The summed E-state index contributed by atoms with van der Waals surface area (Å²) in [7, 11) is 2.02. The summed E-state index contributed by atoms with van der Waals surface area (Å²) in [5.74, 6) is 0. The molecule has 0 bridgehead atoms. The topological polar surface area (TPSA) is 37.2 Å². The molecule has 14 heavy (non-hydrogen) atoms. The van der Waals surface area contributed by atoms with Crippen LogP contribution in [0.15, 0.2) is 18.5 Å². The van der Waals surface area contributed by atoms with Crippen molar-refractivity contribution in [2.24, 2.45) is 7.05 Å². The number of aryl methyl sites for hydroxylation is 1. The molecule has 0 aromatic carbocycles. The summed E-state index contributed by atoms with van der Waals surface area (Å²) >= 11 is 0. The Morgan fingerprint density at radius 3 is 2.71 bits per heavy atom. The Hall–Kier alpha value is -0.800. The van der Waals surface area contributed by atoms with Crippen LogP contribution in [0.2, 0.25) is 0 Å². The van der Waals surface area contributed by atoms with Gasteiger partial charge in [-0.2, -0.15) is 0 Å². The van der Waals surface area contributed by atoms with Crippen molar-refractivity contribution in [2.75, 3.05) is 13.1 Å². The lowest BCUT2D eigenvalue weighted by atomic mass is 10.1. The predicted molar refractivity (Wildman–Crippen MR) is 58.3 cm³/mol. The quantitative estimate of drug-likeness (QED) is 0.687. The fourth-order valence-electron chi connectivity index (χ4n) is 1.34. The lowest BCUT2D eigenvalue weighted by Gasteiger charge is -2.17. The zero-order chi connectivity index (χ0) is 10.6. The highest BCUT2D eigenvalue weighted by Gasteiger charge is 2.10. The van der Waals surface area contributed by atoms with Crippen LogP contribution in [0.1, 0.15) is 19.4 Å². The maximum atomic E-state index is 9.45. The third-order valence-electron chi connectivity index (χ3n) is 2.04. The second-order valence-electron chi connectivity index (χ2n) is 4.42. The normalized spacial score (nSPS) is 12.0. The number of hydrogen-bond acceptors (Lipinski definition) is 2. The van der Waals surface area contributed by atoms with Crippen LogP contribution < -0.4 is 5.32 Å². The van der Waals surface area contributed by atoms with Crippen LogP contribution >= 0.6 is 0 Å². The van der Waals surface area contributed by atoms with E-state index in [1.54, 1.807) is 0 Å². The number of hydrogen-bond donors (Lipinski definition) is 2. The van der Waals surface area contributed by atoms with Gasteiger partial charge in [0, 0.05) is 26.0 Å². The fourth-order valence-corrected chi connectivity index (χ4v) is 1.34. The van der Waals surface area contributed by atoms with Crippen LogP contribution in [0.3, 0.4) is 0 Å². The molecule has 3 nitrogen and oxygen atoms in total. The number of aliphatic hydroxyl groups is 1. The summed E-state index contributed by atoms with van der Waals surface area (Å²) < 4.78 is 2.05. The number of aromatic nitrogens is 1. The molecule has 0 radical (unpaired) electrons. The SMILES string of the molecule is Cn1ccc(CCNCC(C)(C)O)c1. The van der Waals surface area contributed by atoms with Crippen molar-refractivity contribution >= 4 is 0 Å². The minimum absolute atomic E-state index is 0.614. The molecule has 0 aliphatic heterocycles. The van der Waals surface area contributed by atoms with Crippen LogP contribution in [-0.4, -0.2) is 28.4 Å². The first-order chi connectivity index (χ1) is 6.47. The van der Waals surface area contributed by atoms with E-state index in [0.717, 1.165) is 13.0 Å². The highest BCUT2D eigenvalue weighted by molar-refractivity contribution is 5.10. The van der Waals surface area contributed by atoms with Crippen LogP contribution in [-0.2, 0) is 13.5 Å². The first kappa shape index (κ1) is 11.3. The van der Waals surface area contributed by atoms with Crippen molar-refractivity contribution in [3.05, 3.63) is 24.0 Å². The van der Waals surface area contributed by atoms with Gasteiger partial charge in [-0.3, -0.25) is 0 Å². The Bertz CT molecular complexity index is 273. The molecule has 0 aliphatic carbocycles. The molecule has 1 aromatic rings. The van der Waals surface area contributed by atoms with Gasteiger partial charge < -0.3 is 15.0 Å². The number of nitrogens with one attached hydrogen (secondary N) is 1. The molecule has 0 saturated heterocycles. The first-order valence-corrected chi connectivity index (χ1v) is 5.01. The maximum Gasteiger partial charge on any atom is 0.0715 e. The van der Waals surface area contributed by atoms with Gasteiger partial charge in [-0.1, -0.05) is 0 Å². The second-order valence-corrected chi connectivity index (χ2v) is 4.42. The highest BCUT2D eigenvalue weighted by Crippen LogP contribution is 2.00. The smallest absolute Gasteiger partial charge is 0.0715 e. The Balaban J connectivity index is 2.16. The lowest BCUT2D eigenvalue weighted by Crippen LogP contribution is -2.35.